The minimum atomic E-state index is -0.442. The highest BCUT2D eigenvalue weighted by molar-refractivity contribution is 5.93. The molecule has 0 radical (unpaired) electrons. The zero-order chi connectivity index (χ0) is 23.8. The topological polar surface area (TPSA) is 101 Å². The lowest BCUT2D eigenvalue weighted by Gasteiger charge is -2.31. The van der Waals surface area contributed by atoms with E-state index in [1.807, 2.05) is 24.5 Å². The number of nitrogens with zero attached hydrogens (tertiary/aromatic N) is 5. The van der Waals surface area contributed by atoms with E-state index in [4.69, 9.17) is 9.97 Å². The highest BCUT2D eigenvalue weighted by Crippen LogP contribution is 2.44. The summed E-state index contributed by atoms with van der Waals surface area (Å²) in [6, 6.07) is 6.90. The molecule has 1 aliphatic heterocycles. The largest absolute Gasteiger partial charge is 0.366 e. The monoisotopic (exact) mass is 470 g/mol. The summed E-state index contributed by atoms with van der Waals surface area (Å²) in [5.41, 5.74) is 2.82. The second-order valence-corrected chi connectivity index (χ2v) is 9.40. The number of hydrogen-bond donors (Lipinski definition) is 3. The summed E-state index contributed by atoms with van der Waals surface area (Å²) >= 11 is 0. The van der Waals surface area contributed by atoms with Gasteiger partial charge in [0.05, 0.1) is 11.7 Å². The SMILES string of the molecule is C[C@@H]1CNCC[C@H]1Nc1nc(-c2ccnc(Nc3ncccc3F)c2)nc2cncc(C3CC3)c12. The Balaban J connectivity index is 1.41. The van der Waals surface area contributed by atoms with E-state index < -0.39 is 5.82 Å². The van der Waals surface area contributed by atoms with Crippen LogP contribution in [0.2, 0.25) is 0 Å². The van der Waals surface area contributed by atoms with Gasteiger partial charge in [-0.25, -0.2) is 24.3 Å². The van der Waals surface area contributed by atoms with Gasteiger partial charge in [0, 0.05) is 35.6 Å². The zero-order valence-electron chi connectivity index (χ0n) is 19.5. The first-order valence-corrected chi connectivity index (χ1v) is 12.1. The molecule has 0 unspecified atom stereocenters. The van der Waals surface area contributed by atoms with E-state index in [9.17, 15) is 4.39 Å². The van der Waals surface area contributed by atoms with Gasteiger partial charge < -0.3 is 16.0 Å². The molecule has 8 nitrogen and oxygen atoms in total. The summed E-state index contributed by atoms with van der Waals surface area (Å²) in [5.74, 6) is 2.58. The van der Waals surface area contributed by atoms with Crippen LogP contribution in [-0.2, 0) is 0 Å². The van der Waals surface area contributed by atoms with E-state index in [-0.39, 0.29) is 5.82 Å². The maximum Gasteiger partial charge on any atom is 0.167 e. The van der Waals surface area contributed by atoms with Crippen molar-refractivity contribution >= 4 is 28.4 Å². The third-order valence-electron chi connectivity index (χ3n) is 6.78. The highest BCUT2D eigenvalue weighted by Gasteiger charge is 2.29. The van der Waals surface area contributed by atoms with Crippen LogP contribution in [0.3, 0.4) is 0 Å². The fourth-order valence-corrected chi connectivity index (χ4v) is 4.69. The van der Waals surface area contributed by atoms with Crippen molar-refractivity contribution in [1.82, 2.24) is 30.2 Å². The van der Waals surface area contributed by atoms with Gasteiger partial charge >= 0.3 is 0 Å². The normalized spacial score (nSPS) is 20.1. The molecule has 2 atom stereocenters. The molecule has 1 saturated heterocycles. The van der Waals surface area contributed by atoms with Gasteiger partial charge in [-0.3, -0.25) is 4.98 Å². The van der Waals surface area contributed by atoms with E-state index in [0.29, 0.717) is 29.5 Å². The predicted molar refractivity (Wildman–Crippen MR) is 134 cm³/mol. The summed E-state index contributed by atoms with van der Waals surface area (Å²) in [6.07, 6.45) is 10.4. The highest BCUT2D eigenvalue weighted by atomic mass is 19.1. The van der Waals surface area contributed by atoms with Gasteiger partial charge in [0.15, 0.2) is 17.5 Å². The molecule has 35 heavy (non-hydrogen) atoms. The maximum absolute atomic E-state index is 14.1. The molecule has 2 fully saturated rings. The van der Waals surface area contributed by atoms with Crippen LogP contribution in [0.15, 0.2) is 49.1 Å². The lowest BCUT2D eigenvalue weighted by molar-refractivity contribution is 0.368. The molecule has 4 aromatic rings. The number of anilines is 3. The van der Waals surface area contributed by atoms with Crippen molar-refractivity contribution in [3.63, 3.8) is 0 Å². The Morgan fingerprint density at radius 2 is 1.94 bits per heavy atom. The van der Waals surface area contributed by atoms with E-state index in [1.54, 1.807) is 12.3 Å². The van der Waals surface area contributed by atoms with Crippen molar-refractivity contribution in [2.45, 2.75) is 38.1 Å². The summed E-state index contributed by atoms with van der Waals surface area (Å²) in [7, 11) is 0. The number of piperidine rings is 1. The van der Waals surface area contributed by atoms with Crippen LogP contribution >= 0.6 is 0 Å². The van der Waals surface area contributed by atoms with Gasteiger partial charge in [-0.2, -0.15) is 0 Å². The Hall–Kier alpha value is -3.72. The lowest BCUT2D eigenvalue weighted by atomic mass is 9.95. The lowest BCUT2D eigenvalue weighted by Crippen LogP contribution is -2.42. The Labute approximate surface area is 202 Å². The molecular formula is C26H27FN8. The van der Waals surface area contributed by atoms with Crippen LogP contribution < -0.4 is 16.0 Å². The fraction of sp³-hybridized carbons (Fsp3) is 0.346. The number of hydrogen-bond acceptors (Lipinski definition) is 8. The molecule has 178 valence electrons. The zero-order valence-corrected chi connectivity index (χ0v) is 19.5. The van der Waals surface area contributed by atoms with Crippen molar-refractivity contribution in [2.75, 3.05) is 23.7 Å². The first-order chi connectivity index (χ1) is 17.2. The average Bonchev–Trinajstić information content (AvgIpc) is 3.72. The number of halogens is 1. The first-order valence-electron chi connectivity index (χ1n) is 12.1. The predicted octanol–water partition coefficient (Wildman–Crippen LogP) is 4.65. The van der Waals surface area contributed by atoms with Crippen LogP contribution in [0, 0.1) is 11.7 Å². The van der Waals surface area contributed by atoms with E-state index in [1.165, 1.54) is 30.7 Å². The Morgan fingerprint density at radius 1 is 1.03 bits per heavy atom. The molecule has 1 aliphatic carbocycles. The Kier molecular flexibility index (Phi) is 5.69. The summed E-state index contributed by atoms with van der Waals surface area (Å²) in [5, 5.41) is 11.2. The second kappa shape index (κ2) is 9.14. The second-order valence-electron chi connectivity index (χ2n) is 9.40. The standard InChI is InChI=1S/C26H27FN8/c1-15-12-28-9-7-20(15)32-26-23-18(16-4-5-16)13-29-14-21(23)33-24(35-26)17-6-10-30-22(11-17)34-25-19(27)3-2-8-31-25/h2-3,6,8,10-11,13-16,20,28H,4-5,7,9,12H2,1H3,(H,30,31,34)(H,32,33,35)/t15-,20-/m1/s1. The van der Waals surface area contributed by atoms with Gasteiger partial charge in [-0.15, -0.1) is 0 Å². The average molecular weight is 471 g/mol. The summed E-state index contributed by atoms with van der Waals surface area (Å²) < 4.78 is 14.1. The summed E-state index contributed by atoms with van der Waals surface area (Å²) in [4.78, 5) is 22.8. The van der Waals surface area contributed by atoms with Crippen molar-refractivity contribution in [3.05, 3.63) is 60.4 Å². The van der Waals surface area contributed by atoms with Crippen LogP contribution in [0.25, 0.3) is 22.3 Å². The quantitative estimate of drug-likeness (QED) is 0.374. The third kappa shape index (κ3) is 4.51. The Bertz CT molecular complexity index is 1370. The molecule has 0 spiro atoms. The first kappa shape index (κ1) is 21.8. The number of pyridine rings is 3. The van der Waals surface area contributed by atoms with Crippen LogP contribution in [0.1, 0.15) is 37.7 Å². The van der Waals surface area contributed by atoms with Crippen molar-refractivity contribution in [3.8, 4) is 11.4 Å². The minimum absolute atomic E-state index is 0.122. The van der Waals surface area contributed by atoms with Crippen molar-refractivity contribution in [2.24, 2.45) is 5.92 Å². The maximum atomic E-state index is 14.1. The van der Waals surface area contributed by atoms with E-state index >= 15 is 0 Å². The molecular weight excluding hydrogens is 443 g/mol. The van der Waals surface area contributed by atoms with E-state index in [2.05, 4.69) is 37.8 Å². The molecule has 5 heterocycles. The molecule has 0 bridgehead atoms. The van der Waals surface area contributed by atoms with Crippen molar-refractivity contribution in [1.29, 1.82) is 0 Å². The van der Waals surface area contributed by atoms with Gasteiger partial charge in [-0.1, -0.05) is 6.92 Å². The van der Waals surface area contributed by atoms with Crippen LogP contribution in [0.5, 0.6) is 0 Å². The van der Waals surface area contributed by atoms with Gasteiger partial charge in [0.25, 0.3) is 0 Å². The molecule has 2 aliphatic rings. The van der Waals surface area contributed by atoms with Crippen LogP contribution in [0.4, 0.5) is 21.8 Å². The number of rotatable bonds is 6. The molecule has 1 saturated carbocycles. The molecule has 3 N–H and O–H groups in total. The van der Waals surface area contributed by atoms with Crippen LogP contribution in [-0.4, -0.2) is 44.1 Å². The molecule has 9 heteroatoms. The number of nitrogens with one attached hydrogen (secondary N) is 3. The molecule has 4 aromatic heterocycles. The van der Waals surface area contributed by atoms with Gasteiger partial charge in [-0.05, 0) is 74.0 Å². The molecule has 0 aromatic carbocycles. The number of fused-ring (bicyclic) bond motifs is 1. The smallest absolute Gasteiger partial charge is 0.167 e. The van der Waals surface area contributed by atoms with Gasteiger partial charge in [0.2, 0.25) is 0 Å². The van der Waals surface area contributed by atoms with E-state index in [0.717, 1.165) is 41.8 Å². The Morgan fingerprint density at radius 3 is 2.77 bits per heavy atom. The minimum Gasteiger partial charge on any atom is -0.366 e. The van der Waals surface area contributed by atoms with Crippen molar-refractivity contribution < 1.29 is 4.39 Å². The molecule has 6 rings (SSSR count). The molecule has 0 amide bonds. The fourth-order valence-electron chi connectivity index (χ4n) is 4.69. The summed E-state index contributed by atoms with van der Waals surface area (Å²) in [6.45, 7) is 4.22. The number of aromatic nitrogens is 5. The van der Waals surface area contributed by atoms with Gasteiger partial charge in [0.1, 0.15) is 11.6 Å². The third-order valence-corrected chi connectivity index (χ3v) is 6.78.